The Morgan fingerprint density at radius 3 is 2.46 bits per heavy atom. The second kappa shape index (κ2) is 9.38. The maximum Gasteiger partial charge on any atom is 0.223 e. The Hall–Kier alpha value is -1.94. The predicted molar refractivity (Wildman–Crippen MR) is 99.2 cm³/mol. The van der Waals surface area contributed by atoms with Crippen LogP contribution in [0.2, 0.25) is 0 Å². The standard InChI is InChI=1S/C20H25NO2S/c1-3-7-19(22)18(13-16-8-5-4-6-9-16)21-20(23)15(2)12-17-10-11-24-14-17/h4-6,8-11,14-15,18H,3,7,12-13H2,1-2H3,(H,21,23)/t15-,18+/m0/s1. The quantitative estimate of drug-likeness (QED) is 0.747. The second-order valence-corrected chi connectivity index (χ2v) is 6.98. The summed E-state index contributed by atoms with van der Waals surface area (Å²) in [4.78, 5) is 24.9. The Morgan fingerprint density at radius 2 is 1.83 bits per heavy atom. The van der Waals surface area contributed by atoms with Gasteiger partial charge in [-0.2, -0.15) is 11.3 Å². The summed E-state index contributed by atoms with van der Waals surface area (Å²) < 4.78 is 0. The Morgan fingerprint density at radius 1 is 1.08 bits per heavy atom. The summed E-state index contributed by atoms with van der Waals surface area (Å²) in [5.74, 6) is -0.0867. The van der Waals surface area contributed by atoms with Crippen molar-refractivity contribution < 1.29 is 9.59 Å². The molecular formula is C20H25NO2S. The molecule has 0 radical (unpaired) electrons. The van der Waals surface area contributed by atoms with Gasteiger partial charge in [-0.25, -0.2) is 0 Å². The third-order valence-electron chi connectivity index (χ3n) is 4.05. The molecule has 0 saturated heterocycles. The van der Waals surface area contributed by atoms with Crippen LogP contribution in [0.3, 0.4) is 0 Å². The minimum Gasteiger partial charge on any atom is -0.346 e. The van der Waals surface area contributed by atoms with E-state index in [2.05, 4.69) is 10.7 Å². The van der Waals surface area contributed by atoms with E-state index in [-0.39, 0.29) is 17.6 Å². The van der Waals surface area contributed by atoms with Gasteiger partial charge in [0.25, 0.3) is 0 Å². The van der Waals surface area contributed by atoms with Crippen molar-refractivity contribution in [2.24, 2.45) is 5.92 Å². The van der Waals surface area contributed by atoms with Crippen LogP contribution in [0.4, 0.5) is 0 Å². The summed E-state index contributed by atoms with van der Waals surface area (Å²) in [7, 11) is 0. The molecule has 2 aromatic rings. The largest absolute Gasteiger partial charge is 0.346 e. The van der Waals surface area contributed by atoms with Gasteiger partial charge in [0.2, 0.25) is 5.91 Å². The smallest absolute Gasteiger partial charge is 0.223 e. The maximum atomic E-state index is 12.5. The van der Waals surface area contributed by atoms with E-state index in [9.17, 15) is 9.59 Å². The van der Waals surface area contributed by atoms with E-state index < -0.39 is 6.04 Å². The normalized spacial score (nSPS) is 13.2. The third kappa shape index (κ3) is 5.60. The molecule has 1 aromatic heterocycles. The summed E-state index contributed by atoms with van der Waals surface area (Å²) in [5, 5.41) is 7.06. The van der Waals surface area contributed by atoms with E-state index in [4.69, 9.17) is 0 Å². The van der Waals surface area contributed by atoms with Crippen LogP contribution in [0.15, 0.2) is 47.2 Å². The molecular weight excluding hydrogens is 318 g/mol. The van der Waals surface area contributed by atoms with Crippen LogP contribution in [-0.2, 0) is 22.4 Å². The molecule has 1 aromatic carbocycles. The lowest BCUT2D eigenvalue weighted by molar-refractivity contribution is -0.129. The molecule has 0 bridgehead atoms. The van der Waals surface area contributed by atoms with Crippen LogP contribution in [0, 0.1) is 5.92 Å². The molecule has 1 heterocycles. The number of carbonyl (C=O) groups excluding carboxylic acids is 2. The predicted octanol–water partition coefficient (Wildman–Crippen LogP) is 4.02. The van der Waals surface area contributed by atoms with Crippen molar-refractivity contribution in [3.8, 4) is 0 Å². The Kier molecular flexibility index (Phi) is 7.19. The van der Waals surface area contributed by atoms with Crippen molar-refractivity contribution in [2.75, 3.05) is 0 Å². The number of carbonyl (C=O) groups is 2. The van der Waals surface area contributed by atoms with Gasteiger partial charge in [0, 0.05) is 12.3 Å². The van der Waals surface area contributed by atoms with E-state index >= 15 is 0 Å². The number of benzene rings is 1. The highest BCUT2D eigenvalue weighted by atomic mass is 32.1. The molecule has 24 heavy (non-hydrogen) atoms. The minimum absolute atomic E-state index is 0.0495. The van der Waals surface area contributed by atoms with Crippen LogP contribution in [-0.4, -0.2) is 17.7 Å². The van der Waals surface area contributed by atoms with Crippen molar-refractivity contribution in [1.29, 1.82) is 0 Å². The molecule has 128 valence electrons. The van der Waals surface area contributed by atoms with E-state index in [1.165, 1.54) is 5.56 Å². The summed E-state index contributed by atoms with van der Waals surface area (Å²) in [6, 6.07) is 11.5. The van der Waals surface area contributed by atoms with Gasteiger partial charge >= 0.3 is 0 Å². The van der Waals surface area contributed by atoms with Gasteiger partial charge in [-0.05, 0) is 47.2 Å². The van der Waals surface area contributed by atoms with Crippen LogP contribution < -0.4 is 5.32 Å². The van der Waals surface area contributed by atoms with E-state index in [0.29, 0.717) is 19.3 Å². The lowest BCUT2D eigenvalue weighted by atomic mass is 9.97. The molecule has 3 nitrogen and oxygen atoms in total. The summed E-state index contributed by atoms with van der Waals surface area (Å²) in [5.41, 5.74) is 2.24. The highest BCUT2D eigenvalue weighted by Crippen LogP contribution is 2.13. The molecule has 2 rings (SSSR count). The Labute approximate surface area is 148 Å². The highest BCUT2D eigenvalue weighted by molar-refractivity contribution is 7.07. The van der Waals surface area contributed by atoms with Gasteiger partial charge in [-0.3, -0.25) is 9.59 Å². The monoisotopic (exact) mass is 343 g/mol. The van der Waals surface area contributed by atoms with E-state index in [0.717, 1.165) is 12.0 Å². The first kappa shape index (κ1) is 18.4. The molecule has 0 unspecified atom stereocenters. The van der Waals surface area contributed by atoms with Gasteiger partial charge < -0.3 is 5.32 Å². The van der Waals surface area contributed by atoms with Crippen LogP contribution in [0.25, 0.3) is 0 Å². The molecule has 0 fully saturated rings. The maximum absolute atomic E-state index is 12.5. The summed E-state index contributed by atoms with van der Waals surface area (Å²) in [6.45, 7) is 3.90. The molecule has 0 spiro atoms. The first-order valence-electron chi connectivity index (χ1n) is 8.48. The molecule has 2 atom stereocenters. The first-order valence-corrected chi connectivity index (χ1v) is 9.42. The van der Waals surface area contributed by atoms with E-state index in [1.54, 1.807) is 11.3 Å². The van der Waals surface area contributed by atoms with Crippen molar-refractivity contribution in [1.82, 2.24) is 5.32 Å². The highest BCUT2D eigenvalue weighted by Gasteiger charge is 2.23. The number of thiophene rings is 1. The number of hydrogen-bond donors (Lipinski definition) is 1. The van der Waals surface area contributed by atoms with Crippen molar-refractivity contribution >= 4 is 23.0 Å². The molecule has 4 heteroatoms. The van der Waals surface area contributed by atoms with Gasteiger partial charge in [-0.15, -0.1) is 0 Å². The average Bonchev–Trinajstić information content (AvgIpc) is 3.08. The lowest BCUT2D eigenvalue weighted by Gasteiger charge is -2.20. The van der Waals surface area contributed by atoms with Gasteiger partial charge in [0.05, 0.1) is 6.04 Å². The lowest BCUT2D eigenvalue weighted by Crippen LogP contribution is -2.44. The van der Waals surface area contributed by atoms with Crippen LogP contribution in [0.1, 0.15) is 37.8 Å². The van der Waals surface area contributed by atoms with Gasteiger partial charge in [0.15, 0.2) is 5.78 Å². The third-order valence-corrected chi connectivity index (χ3v) is 4.79. The van der Waals surface area contributed by atoms with Gasteiger partial charge in [0.1, 0.15) is 0 Å². The van der Waals surface area contributed by atoms with Crippen LogP contribution in [0.5, 0.6) is 0 Å². The number of Topliss-reactive ketones (excluding diaryl/α,β-unsaturated/α-hetero) is 1. The topological polar surface area (TPSA) is 46.2 Å². The Balaban J connectivity index is 2.00. The average molecular weight is 343 g/mol. The molecule has 0 aliphatic carbocycles. The number of hydrogen-bond acceptors (Lipinski definition) is 3. The van der Waals surface area contributed by atoms with Crippen molar-refractivity contribution in [2.45, 2.75) is 45.6 Å². The van der Waals surface area contributed by atoms with Crippen molar-refractivity contribution in [3.05, 3.63) is 58.3 Å². The SMILES string of the molecule is CCCC(=O)[C@@H](Cc1ccccc1)NC(=O)[C@@H](C)Cc1ccsc1. The summed E-state index contributed by atoms with van der Waals surface area (Å²) >= 11 is 1.63. The number of amides is 1. The fourth-order valence-electron chi connectivity index (χ4n) is 2.68. The summed E-state index contributed by atoms with van der Waals surface area (Å²) in [6.07, 6.45) is 2.55. The number of rotatable bonds is 9. The molecule has 1 amide bonds. The zero-order valence-corrected chi connectivity index (χ0v) is 15.1. The molecule has 0 saturated carbocycles. The van der Waals surface area contributed by atoms with Crippen molar-refractivity contribution in [3.63, 3.8) is 0 Å². The second-order valence-electron chi connectivity index (χ2n) is 6.20. The van der Waals surface area contributed by atoms with Gasteiger partial charge in [-0.1, -0.05) is 44.2 Å². The van der Waals surface area contributed by atoms with Crippen LogP contribution >= 0.6 is 11.3 Å². The first-order chi connectivity index (χ1) is 11.6. The zero-order valence-electron chi connectivity index (χ0n) is 14.3. The van der Waals surface area contributed by atoms with E-state index in [1.807, 2.05) is 55.6 Å². The molecule has 0 aliphatic rings. The fourth-order valence-corrected chi connectivity index (χ4v) is 3.37. The number of nitrogens with one attached hydrogen (secondary N) is 1. The fraction of sp³-hybridized carbons (Fsp3) is 0.400. The number of ketones is 1. The molecule has 1 N–H and O–H groups in total. The zero-order chi connectivity index (χ0) is 17.4. The minimum atomic E-state index is -0.440. The molecule has 0 aliphatic heterocycles. The Bertz CT molecular complexity index is 637.